The lowest BCUT2D eigenvalue weighted by atomic mass is 10.1. The van der Waals surface area contributed by atoms with Crippen molar-refractivity contribution in [3.05, 3.63) is 75.7 Å². The molecule has 1 aromatic heterocycles. The maximum atomic E-state index is 13.5. The Bertz CT molecular complexity index is 1780. The summed E-state index contributed by atoms with van der Waals surface area (Å²) in [6.45, 7) is -0.187. The number of hydrogen-bond acceptors (Lipinski definition) is 9. The molecule has 0 spiro atoms. The van der Waals surface area contributed by atoms with E-state index >= 15 is 0 Å². The van der Waals surface area contributed by atoms with Crippen molar-refractivity contribution in [2.24, 2.45) is 5.73 Å². The lowest BCUT2D eigenvalue weighted by Gasteiger charge is -2.17. The van der Waals surface area contributed by atoms with Crippen LogP contribution >= 0.6 is 0 Å². The van der Waals surface area contributed by atoms with Gasteiger partial charge >= 0.3 is 18.8 Å². The number of carboxylic acids is 1. The summed E-state index contributed by atoms with van der Waals surface area (Å²) >= 11 is 0. The van der Waals surface area contributed by atoms with E-state index in [1.54, 1.807) is 42.5 Å². The van der Waals surface area contributed by atoms with E-state index in [1.165, 1.54) is 10.8 Å². The third-order valence-corrected chi connectivity index (χ3v) is 6.98. The number of nitrogens with zero attached hydrogens (tertiary/aromatic N) is 2. The summed E-state index contributed by atoms with van der Waals surface area (Å²) in [6.07, 6.45) is 0.504. The van der Waals surface area contributed by atoms with E-state index in [1.807, 2.05) is 13.8 Å². The molecule has 1 aliphatic carbocycles. The largest absolute Gasteiger partial charge is 0.490 e. The van der Waals surface area contributed by atoms with Crippen LogP contribution in [0.5, 0.6) is 0 Å². The smallest absolute Gasteiger partial charge is 0.483 e. The number of halogens is 6. The van der Waals surface area contributed by atoms with Crippen LogP contribution in [0.2, 0.25) is 0 Å². The predicted octanol–water partition coefficient (Wildman–Crippen LogP) is 4.10. The molecule has 54 heavy (non-hydrogen) atoms. The van der Waals surface area contributed by atoms with E-state index < -0.39 is 24.4 Å². The summed E-state index contributed by atoms with van der Waals surface area (Å²) in [5.74, 6) is -3.29. The molecule has 2 aromatic carbocycles. The molecule has 1 aliphatic rings. The highest BCUT2D eigenvalue weighted by Crippen LogP contribution is 2.25. The lowest BCUT2D eigenvalue weighted by Crippen LogP contribution is -2.35. The van der Waals surface area contributed by atoms with Crippen LogP contribution < -0.4 is 33.0 Å². The highest BCUT2D eigenvalue weighted by atomic mass is 19.4. The third kappa shape index (κ3) is 16.5. The van der Waals surface area contributed by atoms with Gasteiger partial charge in [-0.3, -0.25) is 29.2 Å². The first kappa shape index (κ1) is 45.9. The van der Waals surface area contributed by atoms with Gasteiger partial charge in [0.1, 0.15) is 12.4 Å². The molecule has 0 radical (unpaired) electrons. The number of rotatable bonds is 10. The van der Waals surface area contributed by atoms with Gasteiger partial charge in [-0.1, -0.05) is 37.1 Å². The number of carbonyl (C=O) groups excluding carboxylic acids is 2. The Kier molecular flexibility index (Phi) is 18.7. The zero-order valence-corrected chi connectivity index (χ0v) is 28.9. The minimum atomic E-state index is -5.08. The van der Waals surface area contributed by atoms with E-state index in [-0.39, 0.29) is 55.1 Å². The molecule has 1 fully saturated rings. The number of amides is 2. The van der Waals surface area contributed by atoms with Crippen LogP contribution in [0.1, 0.15) is 61.0 Å². The molecular formula is C33H40F6N8O7. The second kappa shape index (κ2) is 22.0. The molecule has 0 atom stereocenters. The number of aromatic nitrogens is 2. The van der Waals surface area contributed by atoms with Crippen molar-refractivity contribution in [3.63, 3.8) is 0 Å². The molecule has 15 nitrogen and oxygen atoms in total. The predicted molar refractivity (Wildman–Crippen MR) is 186 cm³/mol. The molecule has 3 aromatic rings. The highest BCUT2D eigenvalue weighted by molar-refractivity contribution is 5.97. The normalized spacial score (nSPS) is 12.2. The number of nitrogens with two attached hydrogens (primary N) is 2. The Morgan fingerprint density at radius 1 is 1.06 bits per heavy atom. The molecule has 296 valence electrons. The van der Waals surface area contributed by atoms with Crippen molar-refractivity contribution >= 4 is 41.6 Å². The number of benzene rings is 2. The summed E-state index contributed by atoms with van der Waals surface area (Å²) in [7, 11) is 0. The number of carboxylic acid groups (broad SMARTS) is 2. The maximum absolute atomic E-state index is 13.5. The first-order chi connectivity index (χ1) is 25.2. The molecular weight excluding hydrogens is 734 g/mol. The molecule has 0 bridgehead atoms. The number of alkyl halides is 6. The fourth-order valence-electron chi connectivity index (χ4n) is 4.72. The van der Waals surface area contributed by atoms with Gasteiger partial charge in [-0.15, -0.1) is 0 Å². The molecule has 10 N–H and O–H groups in total. The summed E-state index contributed by atoms with van der Waals surface area (Å²) in [5.41, 5.74) is 14.2. The third-order valence-electron chi connectivity index (χ3n) is 6.98. The van der Waals surface area contributed by atoms with Gasteiger partial charge in [-0.05, 0) is 50.5 Å². The monoisotopic (exact) mass is 774 g/mol. The summed E-state index contributed by atoms with van der Waals surface area (Å²) in [6, 6.07) is 12.0. The molecule has 0 aliphatic heterocycles. The van der Waals surface area contributed by atoms with Crippen molar-refractivity contribution in [1.82, 2.24) is 20.2 Å². The topological polar surface area (TPSA) is 256 Å². The minimum absolute atomic E-state index is 0.0355. The number of nitrogens with one attached hydrogen (secondary N) is 4. The van der Waals surface area contributed by atoms with Crippen molar-refractivity contribution in [2.45, 2.75) is 77.6 Å². The zero-order valence-electron chi connectivity index (χ0n) is 28.9. The van der Waals surface area contributed by atoms with Crippen molar-refractivity contribution in [1.29, 1.82) is 5.41 Å². The summed E-state index contributed by atoms with van der Waals surface area (Å²) in [5, 5.41) is 30.4. The zero-order chi connectivity index (χ0) is 41.2. The SMILES string of the molecule is CC(C)Nc1ncc(-c2cc(N)cc(C(=O)NC3CCCC3)c2)n(CC(=O)NCc2ccc(C(=N)N)cc2)c1=O.FC(F)F.O=C(O)C(F)(F)F.O=CO. The number of aliphatic carboxylic acids is 1. The van der Waals surface area contributed by atoms with Gasteiger partial charge in [0, 0.05) is 41.0 Å². The van der Waals surface area contributed by atoms with Crippen LogP contribution in [0.3, 0.4) is 0 Å². The Labute approximate surface area is 304 Å². The number of carbonyl (C=O) groups is 4. The standard InChI is InChI=1S/C29H36N8O3.C2HF3O2.CHF3.CH2O2/c1-17(2)35-27-29(40)37(16-25(38)33-14-18-7-9-19(10-8-18)26(31)32)24(15-34-27)20-11-21(13-22(30)12-20)28(39)36-23-5-3-4-6-23;3-2(4,5)1(6)7;2-1(3)4;2-1-3/h7-13,15,17,23H,3-6,14,16,30H2,1-2H3,(H3,31,32)(H,33,38)(H,34,35)(H,36,39);(H,6,7);1H;1H,(H,2,3). The van der Waals surface area contributed by atoms with E-state index in [9.17, 15) is 40.7 Å². The van der Waals surface area contributed by atoms with Gasteiger partial charge in [0.05, 0.1) is 11.9 Å². The molecule has 21 heteroatoms. The molecule has 1 heterocycles. The molecule has 4 rings (SSSR count). The van der Waals surface area contributed by atoms with Crippen LogP contribution in [0.25, 0.3) is 11.3 Å². The van der Waals surface area contributed by atoms with Crippen LogP contribution in [-0.4, -0.2) is 74.8 Å². The van der Waals surface area contributed by atoms with Crippen molar-refractivity contribution < 1.29 is 55.7 Å². The van der Waals surface area contributed by atoms with Crippen LogP contribution in [0, 0.1) is 5.41 Å². The average Bonchev–Trinajstić information content (AvgIpc) is 3.58. The fourth-order valence-corrected chi connectivity index (χ4v) is 4.72. The van der Waals surface area contributed by atoms with Gasteiger partial charge in [-0.2, -0.15) is 26.3 Å². The molecule has 0 unspecified atom stereocenters. The van der Waals surface area contributed by atoms with E-state index in [0.717, 1.165) is 31.2 Å². The Hall–Kier alpha value is -6.15. The minimum Gasteiger partial charge on any atom is -0.483 e. The molecule has 1 saturated carbocycles. The summed E-state index contributed by atoms with van der Waals surface area (Å²) in [4.78, 5) is 61.0. The van der Waals surface area contributed by atoms with E-state index in [2.05, 4.69) is 20.9 Å². The van der Waals surface area contributed by atoms with Gasteiger partial charge in [0.15, 0.2) is 5.82 Å². The van der Waals surface area contributed by atoms with Gasteiger partial charge in [-0.25, -0.2) is 9.78 Å². The van der Waals surface area contributed by atoms with Crippen molar-refractivity contribution in [3.8, 4) is 11.3 Å². The maximum Gasteiger partial charge on any atom is 0.490 e. The Morgan fingerprint density at radius 2 is 1.59 bits per heavy atom. The second-order valence-electron chi connectivity index (χ2n) is 11.5. The van der Waals surface area contributed by atoms with Gasteiger partial charge in [0.25, 0.3) is 17.9 Å². The number of anilines is 2. The van der Waals surface area contributed by atoms with E-state index in [0.29, 0.717) is 28.1 Å². The number of hydrogen-bond donors (Lipinski definition) is 8. The summed E-state index contributed by atoms with van der Waals surface area (Å²) < 4.78 is 62.1. The average molecular weight is 775 g/mol. The lowest BCUT2D eigenvalue weighted by molar-refractivity contribution is -0.192. The Morgan fingerprint density at radius 3 is 2.07 bits per heavy atom. The highest BCUT2D eigenvalue weighted by Gasteiger charge is 2.38. The van der Waals surface area contributed by atoms with Crippen molar-refractivity contribution in [2.75, 3.05) is 11.1 Å². The number of nitrogen functional groups attached to an aromatic ring is 2. The first-order valence-corrected chi connectivity index (χ1v) is 15.8. The van der Waals surface area contributed by atoms with E-state index in [4.69, 9.17) is 36.7 Å². The second-order valence-corrected chi connectivity index (χ2v) is 11.5. The first-order valence-electron chi connectivity index (χ1n) is 15.8. The fraction of sp³-hybridized carbons (Fsp3) is 0.364. The Balaban J connectivity index is 0.000000891. The number of amidine groups is 1. The molecule has 0 saturated heterocycles. The van der Waals surface area contributed by atoms with Crippen LogP contribution in [0.15, 0.2) is 53.5 Å². The van der Waals surface area contributed by atoms with Crippen LogP contribution in [0.4, 0.5) is 37.8 Å². The van der Waals surface area contributed by atoms with Crippen LogP contribution in [-0.2, 0) is 27.5 Å². The van der Waals surface area contributed by atoms with Gasteiger partial charge in [0.2, 0.25) is 5.91 Å². The quantitative estimate of drug-likeness (QED) is 0.0478. The van der Waals surface area contributed by atoms with Gasteiger partial charge < -0.3 is 37.6 Å². The molecule has 2 amide bonds.